The number of carbonyl (C=O) groups excluding carboxylic acids is 1. The Bertz CT molecular complexity index is 723. The van der Waals surface area contributed by atoms with Gasteiger partial charge in [0.1, 0.15) is 5.75 Å². The molecule has 0 aliphatic carbocycles. The van der Waals surface area contributed by atoms with Gasteiger partial charge in [0.15, 0.2) is 6.61 Å². The largest absolute Gasteiger partial charge is 0.484 e. The highest BCUT2D eigenvalue weighted by atomic mass is 35.5. The molecule has 0 radical (unpaired) electrons. The van der Waals surface area contributed by atoms with E-state index in [1.807, 2.05) is 36.4 Å². The van der Waals surface area contributed by atoms with E-state index in [0.29, 0.717) is 0 Å². The van der Waals surface area contributed by atoms with Crippen LogP contribution in [0.2, 0.25) is 5.02 Å². The standard InChI is InChI=1S/C22H27ClN2O2/c1-2-17-5-9-21(10-6-17)27-16-22(26)24-20-11-13-25(14-12-20)15-18-3-7-19(23)8-4-18/h3-10,20H,2,11-16H2,1H3,(H,24,26). The van der Waals surface area contributed by atoms with Crippen LogP contribution in [0, 0.1) is 0 Å². The van der Waals surface area contributed by atoms with E-state index >= 15 is 0 Å². The highest BCUT2D eigenvalue weighted by Gasteiger charge is 2.20. The van der Waals surface area contributed by atoms with Gasteiger partial charge in [-0.1, -0.05) is 42.8 Å². The zero-order valence-electron chi connectivity index (χ0n) is 15.8. The van der Waals surface area contributed by atoms with E-state index < -0.39 is 0 Å². The Labute approximate surface area is 166 Å². The van der Waals surface area contributed by atoms with E-state index in [0.717, 1.165) is 49.7 Å². The Morgan fingerprint density at radius 2 is 1.70 bits per heavy atom. The van der Waals surface area contributed by atoms with Crippen molar-refractivity contribution in [2.75, 3.05) is 19.7 Å². The van der Waals surface area contributed by atoms with E-state index in [2.05, 4.69) is 29.3 Å². The molecule has 4 nitrogen and oxygen atoms in total. The van der Waals surface area contributed by atoms with Gasteiger partial charge in [-0.2, -0.15) is 0 Å². The van der Waals surface area contributed by atoms with Crippen LogP contribution in [-0.4, -0.2) is 36.5 Å². The smallest absolute Gasteiger partial charge is 0.258 e. The molecule has 0 atom stereocenters. The number of amides is 1. The molecule has 1 saturated heterocycles. The summed E-state index contributed by atoms with van der Waals surface area (Å²) in [5.74, 6) is 0.686. The minimum Gasteiger partial charge on any atom is -0.484 e. The summed E-state index contributed by atoms with van der Waals surface area (Å²) in [6.07, 6.45) is 2.92. The summed E-state index contributed by atoms with van der Waals surface area (Å²) in [6, 6.07) is 16.1. The Hall–Kier alpha value is -2.04. The van der Waals surface area contributed by atoms with Crippen molar-refractivity contribution < 1.29 is 9.53 Å². The fourth-order valence-corrected chi connectivity index (χ4v) is 3.45. The predicted molar refractivity (Wildman–Crippen MR) is 109 cm³/mol. The van der Waals surface area contributed by atoms with Gasteiger partial charge in [0.2, 0.25) is 0 Å². The molecule has 1 aliphatic heterocycles. The maximum atomic E-state index is 12.1. The van der Waals surface area contributed by atoms with Crippen LogP contribution in [0.15, 0.2) is 48.5 Å². The molecule has 2 aromatic carbocycles. The molecular weight excluding hydrogens is 360 g/mol. The lowest BCUT2D eigenvalue weighted by Crippen LogP contribution is -2.45. The molecular formula is C22H27ClN2O2. The van der Waals surface area contributed by atoms with Gasteiger partial charge in [-0.25, -0.2) is 0 Å². The van der Waals surface area contributed by atoms with Gasteiger partial charge in [0, 0.05) is 30.7 Å². The number of hydrogen-bond acceptors (Lipinski definition) is 3. The van der Waals surface area contributed by atoms with Crippen LogP contribution in [0.25, 0.3) is 0 Å². The SMILES string of the molecule is CCc1ccc(OCC(=O)NC2CCN(Cc3ccc(Cl)cc3)CC2)cc1. The van der Waals surface area contributed by atoms with Crippen molar-refractivity contribution in [1.29, 1.82) is 0 Å². The Morgan fingerprint density at radius 3 is 2.33 bits per heavy atom. The van der Waals surface area contributed by atoms with Crippen LogP contribution in [-0.2, 0) is 17.8 Å². The second-order valence-electron chi connectivity index (χ2n) is 7.03. The van der Waals surface area contributed by atoms with E-state index in [9.17, 15) is 4.79 Å². The predicted octanol–water partition coefficient (Wildman–Crippen LogP) is 4.06. The lowest BCUT2D eigenvalue weighted by Gasteiger charge is -2.32. The van der Waals surface area contributed by atoms with Crippen molar-refractivity contribution in [3.05, 3.63) is 64.7 Å². The van der Waals surface area contributed by atoms with E-state index in [1.54, 1.807) is 0 Å². The lowest BCUT2D eigenvalue weighted by atomic mass is 10.0. The quantitative estimate of drug-likeness (QED) is 0.780. The van der Waals surface area contributed by atoms with Crippen molar-refractivity contribution in [2.24, 2.45) is 0 Å². The van der Waals surface area contributed by atoms with Crippen LogP contribution in [0.3, 0.4) is 0 Å². The molecule has 0 spiro atoms. The van der Waals surface area contributed by atoms with E-state index in [1.165, 1.54) is 11.1 Å². The van der Waals surface area contributed by atoms with E-state index in [-0.39, 0.29) is 18.6 Å². The van der Waals surface area contributed by atoms with Crippen LogP contribution < -0.4 is 10.1 Å². The summed E-state index contributed by atoms with van der Waals surface area (Å²) in [6.45, 7) is 5.06. The first kappa shape index (κ1) is 19.7. The van der Waals surface area contributed by atoms with Gasteiger partial charge in [-0.3, -0.25) is 9.69 Å². The molecule has 144 valence electrons. The molecule has 27 heavy (non-hydrogen) atoms. The number of benzene rings is 2. The highest BCUT2D eigenvalue weighted by molar-refractivity contribution is 6.30. The molecule has 1 amide bonds. The number of likely N-dealkylation sites (tertiary alicyclic amines) is 1. The van der Waals surface area contributed by atoms with Gasteiger partial charge in [-0.15, -0.1) is 0 Å². The van der Waals surface area contributed by atoms with Crippen molar-refractivity contribution in [3.63, 3.8) is 0 Å². The monoisotopic (exact) mass is 386 g/mol. The Kier molecular flexibility index (Phi) is 7.13. The molecule has 0 unspecified atom stereocenters. The van der Waals surface area contributed by atoms with Crippen LogP contribution in [0.1, 0.15) is 30.9 Å². The van der Waals surface area contributed by atoms with Crippen LogP contribution in [0.5, 0.6) is 5.75 Å². The summed E-state index contributed by atoms with van der Waals surface area (Å²) in [4.78, 5) is 14.6. The molecule has 0 saturated carbocycles. The Balaban J connectivity index is 1.36. The fraction of sp³-hybridized carbons (Fsp3) is 0.409. The van der Waals surface area contributed by atoms with Gasteiger partial charge >= 0.3 is 0 Å². The fourth-order valence-electron chi connectivity index (χ4n) is 3.32. The summed E-state index contributed by atoms with van der Waals surface area (Å²) >= 11 is 5.94. The van der Waals surface area contributed by atoms with Gasteiger partial charge in [0.25, 0.3) is 5.91 Å². The molecule has 5 heteroatoms. The Morgan fingerprint density at radius 1 is 1.07 bits per heavy atom. The summed E-state index contributed by atoms with van der Waals surface area (Å²) in [5, 5.41) is 3.86. The number of rotatable bonds is 7. The third-order valence-corrected chi connectivity index (χ3v) is 5.23. The van der Waals surface area contributed by atoms with Gasteiger partial charge < -0.3 is 10.1 Å². The third-order valence-electron chi connectivity index (χ3n) is 4.97. The molecule has 1 aliphatic rings. The number of halogens is 1. The average molecular weight is 387 g/mol. The van der Waals surface area contributed by atoms with Crippen molar-refractivity contribution in [2.45, 2.75) is 38.8 Å². The first-order valence-corrected chi connectivity index (χ1v) is 9.98. The summed E-state index contributed by atoms with van der Waals surface area (Å²) in [7, 11) is 0. The lowest BCUT2D eigenvalue weighted by molar-refractivity contribution is -0.124. The van der Waals surface area contributed by atoms with Crippen molar-refractivity contribution in [1.82, 2.24) is 10.2 Å². The summed E-state index contributed by atoms with van der Waals surface area (Å²) < 4.78 is 5.59. The molecule has 2 aromatic rings. The third kappa shape index (κ3) is 6.26. The molecule has 1 fully saturated rings. The number of nitrogens with zero attached hydrogens (tertiary/aromatic N) is 1. The van der Waals surface area contributed by atoms with Crippen molar-refractivity contribution >= 4 is 17.5 Å². The second kappa shape index (κ2) is 9.77. The minimum absolute atomic E-state index is 0.0503. The van der Waals surface area contributed by atoms with Gasteiger partial charge in [-0.05, 0) is 54.7 Å². The van der Waals surface area contributed by atoms with E-state index in [4.69, 9.17) is 16.3 Å². The summed E-state index contributed by atoms with van der Waals surface area (Å²) in [5.41, 5.74) is 2.53. The highest BCUT2D eigenvalue weighted by Crippen LogP contribution is 2.16. The first-order chi connectivity index (χ1) is 13.1. The van der Waals surface area contributed by atoms with Crippen molar-refractivity contribution in [3.8, 4) is 5.75 Å². The number of nitrogens with one attached hydrogen (secondary N) is 1. The zero-order chi connectivity index (χ0) is 19.1. The minimum atomic E-state index is -0.0503. The number of ether oxygens (including phenoxy) is 1. The number of carbonyl (C=O) groups is 1. The van der Waals surface area contributed by atoms with Crippen LogP contribution >= 0.6 is 11.6 Å². The first-order valence-electron chi connectivity index (χ1n) is 9.60. The zero-order valence-corrected chi connectivity index (χ0v) is 16.5. The average Bonchev–Trinajstić information content (AvgIpc) is 2.70. The number of aryl methyl sites for hydroxylation is 1. The molecule has 3 rings (SSSR count). The number of piperidine rings is 1. The topological polar surface area (TPSA) is 41.6 Å². The molecule has 1 N–H and O–H groups in total. The molecule has 1 heterocycles. The molecule has 0 aromatic heterocycles. The second-order valence-corrected chi connectivity index (χ2v) is 7.47. The van der Waals surface area contributed by atoms with Gasteiger partial charge in [0.05, 0.1) is 0 Å². The molecule has 0 bridgehead atoms. The maximum Gasteiger partial charge on any atom is 0.258 e. The maximum absolute atomic E-state index is 12.1. The van der Waals surface area contributed by atoms with Crippen LogP contribution in [0.4, 0.5) is 0 Å². The normalized spacial score (nSPS) is 15.5. The number of hydrogen-bond donors (Lipinski definition) is 1.